The fraction of sp³-hybridized carbons (Fsp3) is 0.538. The van der Waals surface area contributed by atoms with Crippen LogP contribution >= 0.6 is 0 Å². The van der Waals surface area contributed by atoms with E-state index in [1.54, 1.807) is 6.07 Å². The maximum absolute atomic E-state index is 10.6. The van der Waals surface area contributed by atoms with Gasteiger partial charge < -0.3 is 5.11 Å². The van der Waals surface area contributed by atoms with Crippen molar-refractivity contribution >= 4 is 5.69 Å². The minimum Gasteiger partial charge on any atom is -0.505 e. The maximum Gasteiger partial charge on any atom is 0.149 e. The molecule has 0 saturated heterocycles. The summed E-state index contributed by atoms with van der Waals surface area (Å²) in [5, 5.41) is 12.9. The molecule has 88 valence electrons. The highest BCUT2D eigenvalue weighted by atomic mass is 16.3. The number of phenols is 1. The van der Waals surface area contributed by atoms with Crippen LogP contribution in [0.5, 0.6) is 5.75 Å². The monoisotopic (exact) mass is 221 g/mol. The number of hydrogen-bond donors (Lipinski definition) is 1. The summed E-state index contributed by atoms with van der Waals surface area (Å²) in [6, 6.07) is 5.21. The normalized spacial score (nSPS) is 11.4. The standard InChI is InChI=1S/C13H19NO2/c1-4-13(5-2,6-3)10-8-7-9-11(14-16)12(10)15/h7-9,15H,4-6H2,1-3H3. The van der Waals surface area contributed by atoms with E-state index in [0.717, 1.165) is 24.8 Å². The van der Waals surface area contributed by atoms with Crippen LogP contribution in [0.4, 0.5) is 5.69 Å². The molecule has 0 radical (unpaired) electrons. The Kier molecular flexibility index (Phi) is 4.05. The third-order valence-corrected chi connectivity index (χ3v) is 3.71. The molecule has 0 spiro atoms. The molecular formula is C13H19NO2. The van der Waals surface area contributed by atoms with Crippen molar-refractivity contribution in [3.8, 4) is 5.75 Å². The third-order valence-electron chi connectivity index (χ3n) is 3.71. The van der Waals surface area contributed by atoms with Gasteiger partial charge in [-0.1, -0.05) is 32.9 Å². The molecule has 0 bridgehead atoms. The Morgan fingerprint density at radius 1 is 1.19 bits per heavy atom. The Hall–Kier alpha value is -1.38. The second-order valence-corrected chi connectivity index (χ2v) is 4.11. The summed E-state index contributed by atoms with van der Waals surface area (Å²) in [6.07, 6.45) is 2.82. The lowest BCUT2D eigenvalue weighted by Gasteiger charge is -2.31. The van der Waals surface area contributed by atoms with Crippen molar-refractivity contribution in [1.82, 2.24) is 0 Å². The molecule has 0 heterocycles. The highest BCUT2D eigenvalue weighted by Gasteiger charge is 2.29. The van der Waals surface area contributed by atoms with Gasteiger partial charge >= 0.3 is 0 Å². The van der Waals surface area contributed by atoms with Gasteiger partial charge in [-0.3, -0.25) is 0 Å². The highest BCUT2D eigenvalue weighted by molar-refractivity contribution is 5.57. The Bertz CT molecular complexity index is 362. The van der Waals surface area contributed by atoms with E-state index in [4.69, 9.17) is 0 Å². The van der Waals surface area contributed by atoms with Gasteiger partial charge in [-0.25, -0.2) is 0 Å². The number of rotatable bonds is 5. The van der Waals surface area contributed by atoms with Gasteiger partial charge in [0, 0.05) is 5.56 Å². The molecule has 3 nitrogen and oxygen atoms in total. The van der Waals surface area contributed by atoms with E-state index >= 15 is 0 Å². The van der Waals surface area contributed by atoms with Crippen LogP contribution in [0.2, 0.25) is 0 Å². The van der Waals surface area contributed by atoms with Crippen LogP contribution in [-0.4, -0.2) is 5.11 Å². The molecular weight excluding hydrogens is 202 g/mol. The van der Waals surface area contributed by atoms with Crippen LogP contribution in [0.3, 0.4) is 0 Å². The third kappa shape index (κ3) is 1.94. The summed E-state index contributed by atoms with van der Waals surface area (Å²) < 4.78 is 0. The van der Waals surface area contributed by atoms with Crippen LogP contribution in [0.15, 0.2) is 23.4 Å². The molecule has 3 heteroatoms. The fourth-order valence-electron chi connectivity index (χ4n) is 2.35. The van der Waals surface area contributed by atoms with Crippen LogP contribution in [0.1, 0.15) is 45.6 Å². The Morgan fingerprint density at radius 2 is 1.75 bits per heavy atom. The first-order valence-corrected chi connectivity index (χ1v) is 5.81. The molecule has 0 aliphatic carbocycles. The van der Waals surface area contributed by atoms with E-state index in [9.17, 15) is 10.0 Å². The summed E-state index contributed by atoms with van der Waals surface area (Å²) in [5.74, 6) is 0.0445. The molecule has 0 fully saturated rings. The van der Waals surface area contributed by atoms with Crippen molar-refractivity contribution in [1.29, 1.82) is 0 Å². The number of aromatic hydroxyl groups is 1. The van der Waals surface area contributed by atoms with Crippen molar-refractivity contribution in [2.45, 2.75) is 45.4 Å². The van der Waals surface area contributed by atoms with Crippen LogP contribution in [0, 0.1) is 4.91 Å². The summed E-state index contributed by atoms with van der Waals surface area (Å²) in [5.41, 5.74) is 0.930. The van der Waals surface area contributed by atoms with E-state index < -0.39 is 0 Å². The summed E-state index contributed by atoms with van der Waals surface area (Å²) in [4.78, 5) is 10.6. The first-order valence-electron chi connectivity index (χ1n) is 5.81. The van der Waals surface area contributed by atoms with Crippen molar-refractivity contribution < 1.29 is 5.11 Å². The molecule has 0 aliphatic heterocycles. The number of nitroso groups, excluding NO2 is 1. The molecule has 0 saturated carbocycles. The molecule has 1 rings (SSSR count). The largest absolute Gasteiger partial charge is 0.505 e. The number of para-hydroxylation sites is 1. The Balaban J connectivity index is 3.35. The second-order valence-electron chi connectivity index (χ2n) is 4.11. The molecule has 1 aromatic rings. The van der Waals surface area contributed by atoms with Gasteiger partial charge in [0.25, 0.3) is 0 Å². The van der Waals surface area contributed by atoms with E-state index in [-0.39, 0.29) is 16.9 Å². The number of nitrogens with zero attached hydrogens (tertiary/aromatic N) is 1. The molecule has 0 atom stereocenters. The lowest BCUT2D eigenvalue weighted by Crippen LogP contribution is -2.23. The van der Waals surface area contributed by atoms with Gasteiger partial charge in [0.1, 0.15) is 11.4 Å². The average molecular weight is 221 g/mol. The zero-order chi connectivity index (χ0) is 12.2. The van der Waals surface area contributed by atoms with Crippen molar-refractivity contribution in [3.05, 3.63) is 28.7 Å². The summed E-state index contributed by atoms with van der Waals surface area (Å²) in [6.45, 7) is 6.31. The number of phenolic OH excluding ortho intramolecular Hbond substituents is 1. The molecule has 1 N–H and O–H groups in total. The van der Waals surface area contributed by atoms with Crippen LogP contribution in [0.25, 0.3) is 0 Å². The van der Waals surface area contributed by atoms with Crippen LogP contribution in [-0.2, 0) is 5.41 Å². The SMILES string of the molecule is CCC(CC)(CC)c1cccc(N=O)c1O. The van der Waals surface area contributed by atoms with Gasteiger partial charge in [0.15, 0.2) is 0 Å². The number of benzene rings is 1. The zero-order valence-electron chi connectivity index (χ0n) is 10.2. The Morgan fingerprint density at radius 3 is 2.19 bits per heavy atom. The highest BCUT2D eigenvalue weighted by Crippen LogP contribution is 2.43. The van der Waals surface area contributed by atoms with Crippen LogP contribution < -0.4 is 0 Å². The molecule has 0 aromatic heterocycles. The minimum atomic E-state index is -0.0508. The second kappa shape index (κ2) is 5.10. The predicted octanol–water partition coefficient (Wildman–Crippen LogP) is 4.26. The molecule has 0 amide bonds. The van der Waals surface area contributed by atoms with E-state index in [2.05, 4.69) is 25.9 Å². The first-order chi connectivity index (χ1) is 7.65. The smallest absolute Gasteiger partial charge is 0.149 e. The minimum absolute atomic E-state index is 0.0445. The van der Waals surface area contributed by atoms with E-state index in [0.29, 0.717) is 0 Å². The van der Waals surface area contributed by atoms with Gasteiger partial charge in [0.05, 0.1) is 0 Å². The predicted molar refractivity (Wildman–Crippen MR) is 66.1 cm³/mol. The van der Waals surface area contributed by atoms with E-state index in [1.807, 2.05) is 6.07 Å². The topological polar surface area (TPSA) is 49.7 Å². The van der Waals surface area contributed by atoms with E-state index in [1.165, 1.54) is 6.07 Å². The van der Waals surface area contributed by atoms with Gasteiger partial charge in [0.2, 0.25) is 0 Å². The maximum atomic E-state index is 10.6. The average Bonchev–Trinajstić information content (AvgIpc) is 2.34. The van der Waals surface area contributed by atoms with Crippen molar-refractivity contribution in [2.24, 2.45) is 5.18 Å². The molecule has 1 aromatic carbocycles. The zero-order valence-corrected chi connectivity index (χ0v) is 10.2. The van der Waals surface area contributed by atoms with Gasteiger partial charge in [-0.05, 0) is 35.9 Å². The first kappa shape index (κ1) is 12.7. The lowest BCUT2D eigenvalue weighted by atomic mass is 9.73. The molecule has 16 heavy (non-hydrogen) atoms. The van der Waals surface area contributed by atoms with Gasteiger partial charge in [-0.2, -0.15) is 0 Å². The fourth-order valence-corrected chi connectivity index (χ4v) is 2.35. The Labute approximate surface area is 96.5 Å². The summed E-state index contributed by atoms with van der Waals surface area (Å²) in [7, 11) is 0. The molecule has 0 unspecified atom stereocenters. The lowest BCUT2D eigenvalue weighted by molar-refractivity contribution is 0.358. The summed E-state index contributed by atoms with van der Waals surface area (Å²) >= 11 is 0. The van der Waals surface area contributed by atoms with Crippen molar-refractivity contribution in [3.63, 3.8) is 0 Å². The molecule has 0 aliphatic rings. The van der Waals surface area contributed by atoms with Crippen molar-refractivity contribution in [2.75, 3.05) is 0 Å². The number of hydrogen-bond acceptors (Lipinski definition) is 3. The quantitative estimate of drug-likeness (QED) is 0.755. The van der Waals surface area contributed by atoms with Gasteiger partial charge in [-0.15, -0.1) is 4.91 Å².